The molecule has 0 aliphatic carbocycles. The van der Waals surface area contributed by atoms with Gasteiger partial charge in [0, 0.05) is 0 Å². The number of hydrogen-bond donors (Lipinski definition) is 4. The average Bonchev–Trinajstić information content (AvgIpc) is 2.67. The van der Waals surface area contributed by atoms with E-state index in [1.165, 1.54) is 7.11 Å². The number of carbonyl (C=O) groups is 4. The highest BCUT2D eigenvalue weighted by Gasteiger charge is 2.21. The largest absolute Gasteiger partial charge is 0.468 e. The minimum Gasteiger partial charge on any atom is -0.468 e. The number of ether oxygens (including phenoxy) is 2. The highest BCUT2D eigenvalue weighted by molar-refractivity contribution is 5.90. The van der Waals surface area contributed by atoms with Crippen LogP contribution in [0.4, 0.5) is 4.79 Å². The van der Waals surface area contributed by atoms with Crippen LogP contribution >= 0.6 is 0 Å². The second-order valence-corrected chi connectivity index (χ2v) is 5.01. The number of aliphatic hydroxyl groups excluding tert-OH is 1. The molecular formula is C16H21N3O7. The Morgan fingerprint density at radius 1 is 1.08 bits per heavy atom. The number of rotatable bonds is 9. The summed E-state index contributed by atoms with van der Waals surface area (Å²) in [6.07, 6.45) is -0.891. The van der Waals surface area contributed by atoms with Crippen molar-refractivity contribution in [2.75, 3.05) is 26.8 Å². The maximum absolute atomic E-state index is 11.9. The lowest BCUT2D eigenvalue weighted by Crippen LogP contribution is -2.51. The zero-order valence-electron chi connectivity index (χ0n) is 14.2. The predicted molar refractivity (Wildman–Crippen MR) is 88.7 cm³/mol. The quantitative estimate of drug-likeness (QED) is 0.396. The van der Waals surface area contributed by atoms with Crippen LogP contribution in [-0.4, -0.2) is 61.8 Å². The van der Waals surface area contributed by atoms with Gasteiger partial charge in [-0.25, -0.2) is 4.79 Å². The van der Waals surface area contributed by atoms with Crippen LogP contribution in [0.25, 0.3) is 0 Å². The van der Waals surface area contributed by atoms with Crippen molar-refractivity contribution in [3.05, 3.63) is 35.9 Å². The van der Waals surface area contributed by atoms with Crippen molar-refractivity contribution in [1.82, 2.24) is 16.0 Å². The molecule has 0 unspecified atom stereocenters. The van der Waals surface area contributed by atoms with E-state index in [2.05, 4.69) is 20.7 Å². The summed E-state index contributed by atoms with van der Waals surface area (Å²) < 4.78 is 9.29. The summed E-state index contributed by atoms with van der Waals surface area (Å²) in [4.78, 5) is 45.9. The standard InChI is InChI=1S/C16H21N3O7/c1-25-14(22)8-17-13(21)7-18-15(23)12(9-20)19-16(24)26-10-11-5-3-2-4-6-11/h2-6,12,20H,7-10H2,1H3,(H,17,21)(H,18,23)(H,19,24)/t12-/m0/s1. The van der Waals surface area contributed by atoms with E-state index in [0.717, 1.165) is 5.56 Å². The lowest BCUT2D eigenvalue weighted by Gasteiger charge is -2.16. The van der Waals surface area contributed by atoms with Gasteiger partial charge in [0.1, 0.15) is 19.2 Å². The van der Waals surface area contributed by atoms with Crippen LogP contribution in [0.1, 0.15) is 5.56 Å². The van der Waals surface area contributed by atoms with Gasteiger partial charge in [-0.1, -0.05) is 30.3 Å². The molecule has 0 radical (unpaired) electrons. The fourth-order valence-electron chi connectivity index (χ4n) is 1.70. The van der Waals surface area contributed by atoms with Crippen molar-refractivity contribution in [2.45, 2.75) is 12.6 Å². The van der Waals surface area contributed by atoms with Gasteiger partial charge in [0.25, 0.3) is 0 Å². The Kier molecular flexibility index (Phi) is 9.18. The molecule has 0 aliphatic rings. The first-order valence-electron chi connectivity index (χ1n) is 7.65. The Bertz CT molecular complexity index is 622. The van der Waals surface area contributed by atoms with Gasteiger partial charge in [0.05, 0.1) is 20.3 Å². The number of aliphatic hydroxyl groups is 1. The van der Waals surface area contributed by atoms with Gasteiger partial charge in [0.2, 0.25) is 11.8 Å². The predicted octanol–water partition coefficient (Wildman–Crippen LogP) is -1.32. The molecule has 0 saturated carbocycles. The fraction of sp³-hybridized carbons (Fsp3) is 0.375. The number of esters is 1. The number of amides is 3. The van der Waals surface area contributed by atoms with E-state index in [1.807, 2.05) is 6.07 Å². The summed E-state index contributed by atoms with van der Waals surface area (Å²) >= 11 is 0. The molecule has 4 N–H and O–H groups in total. The lowest BCUT2D eigenvalue weighted by molar-refractivity contribution is -0.141. The van der Waals surface area contributed by atoms with E-state index >= 15 is 0 Å². The number of alkyl carbamates (subject to hydrolysis) is 1. The number of methoxy groups -OCH3 is 1. The van der Waals surface area contributed by atoms with Crippen molar-refractivity contribution in [2.24, 2.45) is 0 Å². The van der Waals surface area contributed by atoms with Gasteiger partial charge in [0.15, 0.2) is 0 Å². The van der Waals surface area contributed by atoms with E-state index in [9.17, 15) is 24.3 Å². The fourth-order valence-corrected chi connectivity index (χ4v) is 1.70. The third kappa shape index (κ3) is 8.11. The third-order valence-corrected chi connectivity index (χ3v) is 3.08. The number of hydrogen-bond acceptors (Lipinski definition) is 7. The van der Waals surface area contributed by atoms with Crippen molar-refractivity contribution in [3.8, 4) is 0 Å². The molecule has 10 nitrogen and oxygen atoms in total. The van der Waals surface area contributed by atoms with Crippen molar-refractivity contribution in [1.29, 1.82) is 0 Å². The summed E-state index contributed by atoms with van der Waals surface area (Å²) in [5.41, 5.74) is 0.759. The van der Waals surface area contributed by atoms with Crippen LogP contribution in [0, 0.1) is 0 Å². The van der Waals surface area contributed by atoms with Gasteiger partial charge in [-0.3, -0.25) is 14.4 Å². The molecule has 3 amide bonds. The number of benzene rings is 1. The second kappa shape index (κ2) is 11.4. The van der Waals surface area contributed by atoms with Crippen LogP contribution < -0.4 is 16.0 Å². The van der Waals surface area contributed by atoms with E-state index < -0.39 is 43.1 Å². The molecule has 0 heterocycles. The molecule has 1 aromatic carbocycles. The van der Waals surface area contributed by atoms with Crippen molar-refractivity contribution >= 4 is 23.9 Å². The van der Waals surface area contributed by atoms with E-state index in [4.69, 9.17) is 4.74 Å². The van der Waals surface area contributed by atoms with Gasteiger partial charge in [-0.2, -0.15) is 0 Å². The molecule has 0 aromatic heterocycles. The first kappa shape index (κ1) is 20.9. The summed E-state index contributed by atoms with van der Waals surface area (Å²) in [7, 11) is 1.17. The van der Waals surface area contributed by atoms with Crippen LogP contribution in [0.2, 0.25) is 0 Å². The second-order valence-electron chi connectivity index (χ2n) is 5.01. The molecule has 142 valence electrons. The summed E-state index contributed by atoms with van der Waals surface area (Å²) in [6.45, 7) is -1.45. The minimum atomic E-state index is -1.29. The molecule has 1 rings (SSSR count). The molecule has 26 heavy (non-hydrogen) atoms. The van der Waals surface area contributed by atoms with Crippen LogP contribution in [0.5, 0.6) is 0 Å². The third-order valence-electron chi connectivity index (χ3n) is 3.08. The normalized spacial score (nSPS) is 11.0. The Labute approximate surface area is 149 Å². The molecule has 0 saturated heterocycles. The Morgan fingerprint density at radius 2 is 1.77 bits per heavy atom. The van der Waals surface area contributed by atoms with Crippen molar-refractivity contribution < 1.29 is 33.8 Å². The number of carbonyl (C=O) groups excluding carboxylic acids is 4. The maximum Gasteiger partial charge on any atom is 0.408 e. The summed E-state index contributed by atoms with van der Waals surface area (Å²) in [5.74, 6) is -2.05. The van der Waals surface area contributed by atoms with Crippen LogP contribution in [-0.2, 0) is 30.5 Å². The van der Waals surface area contributed by atoms with Crippen LogP contribution in [0.3, 0.4) is 0 Å². The smallest absolute Gasteiger partial charge is 0.408 e. The molecule has 1 aromatic rings. The highest BCUT2D eigenvalue weighted by atomic mass is 16.5. The minimum absolute atomic E-state index is 0.00236. The van der Waals surface area contributed by atoms with E-state index in [0.29, 0.717) is 0 Å². The van der Waals surface area contributed by atoms with Crippen molar-refractivity contribution in [3.63, 3.8) is 0 Å². The monoisotopic (exact) mass is 367 g/mol. The molecular weight excluding hydrogens is 346 g/mol. The Morgan fingerprint density at radius 3 is 2.38 bits per heavy atom. The van der Waals surface area contributed by atoms with E-state index in [-0.39, 0.29) is 13.2 Å². The van der Waals surface area contributed by atoms with Gasteiger partial charge in [-0.05, 0) is 5.56 Å². The molecule has 10 heteroatoms. The lowest BCUT2D eigenvalue weighted by atomic mass is 10.2. The maximum atomic E-state index is 11.9. The molecule has 0 bridgehead atoms. The average molecular weight is 367 g/mol. The van der Waals surface area contributed by atoms with Crippen LogP contribution in [0.15, 0.2) is 30.3 Å². The first-order valence-corrected chi connectivity index (χ1v) is 7.65. The van der Waals surface area contributed by atoms with E-state index in [1.54, 1.807) is 24.3 Å². The summed E-state index contributed by atoms with van der Waals surface area (Å²) in [6, 6.07) is 7.62. The molecule has 1 atom stereocenters. The SMILES string of the molecule is COC(=O)CNC(=O)CNC(=O)[C@H](CO)NC(=O)OCc1ccccc1. The topological polar surface area (TPSA) is 143 Å². The molecule has 0 aliphatic heterocycles. The highest BCUT2D eigenvalue weighted by Crippen LogP contribution is 2.00. The summed E-state index contributed by atoms with van der Waals surface area (Å²) in [5, 5.41) is 15.8. The Balaban J connectivity index is 2.34. The van der Waals surface area contributed by atoms with Gasteiger partial charge < -0.3 is 30.5 Å². The Hall–Kier alpha value is -3.14. The zero-order valence-corrected chi connectivity index (χ0v) is 14.2. The first-order chi connectivity index (χ1) is 12.5. The zero-order chi connectivity index (χ0) is 19.4. The number of nitrogens with one attached hydrogen (secondary N) is 3. The molecule has 0 spiro atoms. The van der Waals surface area contributed by atoms with Gasteiger partial charge >= 0.3 is 12.1 Å². The van der Waals surface area contributed by atoms with Gasteiger partial charge in [-0.15, -0.1) is 0 Å². The molecule has 0 fully saturated rings.